The lowest BCUT2D eigenvalue weighted by Gasteiger charge is -2.16. The molecule has 0 bridgehead atoms. The first-order valence-electron chi connectivity index (χ1n) is 7.43. The number of carbonyl (C=O) groups excluding carboxylic acids is 1. The zero-order valence-electron chi connectivity index (χ0n) is 12.7. The highest BCUT2D eigenvalue weighted by Gasteiger charge is 2.33. The number of rotatable bonds is 5. The molecule has 1 heterocycles. The highest BCUT2D eigenvalue weighted by Crippen LogP contribution is 2.28. The quantitative estimate of drug-likeness (QED) is 0.558. The number of likely N-dealkylation sites (N-methyl/N-ethyl adjacent to an activating group) is 1. The fourth-order valence-electron chi connectivity index (χ4n) is 2.16. The van der Waals surface area contributed by atoms with Crippen molar-refractivity contribution in [2.75, 3.05) is 33.8 Å². The lowest BCUT2D eigenvalue weighted by atomic mass is 10.2. The number of guanidine groups is 1. The molecule has 20 heavy (non-hydrogen) atoms. The molecular formula is C14H26N4O2. The van der Waals surface area contributed by atoms with Crippen LogP contribution in [-0.4, -0.2) is 62.7 Å². The van der Waals surface area contributed by atoms with Crippen molar-refractivity contribution in [1.29, 1.82) is 0 Å². The summed E-state index contributed by atoms with van der Waals surface area (Å²) in [5.74, 6) is 1.42. The number of nitrogens with zero attached hydrogens (tertiary/aromatic N) is 2. The van der Waals surface area contributed by atoms with Crippen LogP contribution in [0.25, 0.3) is 0 Å². The fraction of sp³-hybridized carbons (Fsp3) is 0.857. The van der Waals surface area contributed by atoms with Crippen LogP contribution in [-0.2, 0) is 9.53 Å². The minimum Gasteiger partial charge on any atom is -0.376 e. The maximum Gasteiger partial charge on any atom is 0.243 e. The smallest absolute Gasteiger partial charge is 0.243 e. The highest BCUT2D eigenvalue weighted by molar-refractivity contribution is 5.85. The van der Waals surface area contributed by atoms with Crippen LogP contribution in [0.15, 0.2) is 4.99 Å². The second-order valence-electron chi connectivity index (χ2n) is 5.93. The predicted molar refractivity (Wildman–Crippen MR) is 78.7 cm³/mol. The molecule has 1 saturated heterocycles. The van der Waals surface area contributed by atoms with Gasteiger partial charge in [0.05, 0.1) is 6.10 Å². The van der Waals surface area contributed by atoms with Gasteiger partial charge in [-0.2, -0.15) is 0 Å². The standard InChI is InChI=1S/C14H26N4O2/c1-10-7-12(10)17-14(16-9-13(19)18(2)3)15-8-11-5-4-6-20-11/h10-12H,4-9H2,1-3H3,(H2,15,16,17). The Bertz CT molecular complexity index is 364. The van der Waals surface area contributed by atoms with Gasteiger partial charge in [0.25, 0.3) is 0 Å². The van der Waals surface area contributed by atoms with Crippen molar-refractivity contribution >= 4 is 11.9 Å². The third-order valence-corrected chi connectivity index (χ3v) is 3.82. The molecule has 6 heteroatoms. The van der Waals surface area contributed by atoms with Crippen LogP contribution in [0.1, 0.15) is 26.2 Å². The van der Waals surface area contributed by atoms with Gasteiger partial charge in [0.2, 0.25) is 5.91 Å². The minimum atomic E-state index is 0.00654. The van der Waals surface area contributed by atoms with E-state index < -0.39 is 0 Å². The zero-order chi connectivity index (χ0) is 14.5. The van der Waals surface area contributed by atoms with E-state index in [9.17, 15) is 4.79 Å². The van der Waals surface area contributed by atoms with Gasteiger partial charge >= 0.3 is 0 Å². The average molecular weight is 282 g/mol. The Morgan fingerprint density at radius 2 is 2.20 bits per heavy atom. The number of aliphatic imine (C=N–C) groups is 1. The average Bonchev–Trinajstić information content (AvgIpc) is 2.91. The maximum absolute atomic E-state index is 11.6. The predicted octanol–water partition coefficient (Wildman–Crippen LogP) is 0.197. The van der Waals surface area contributed by atoms with Gasteiger partial charge in [0.15, 0.2) is 5.96 Å². The van der Waals surface area contributed by atoms with Crippen LogP contribution >= 0.6 is 0 Å². The van der Waals surface area contributed by atoms with Crippen LogP contribution in [0.2, 0.25) is 0 Å². The molecule has 1 saturated carbocycles. The molecule has 3 unspecified atom stereocenters. The first-order valence-corrected chi connectivity index (χ1v) is 7.43. The van der Waals surface area contributed by atoms with E-state index in [2.05, 4.69) is 22.5 Å². The Morgan fingerprint density at radius 3 is 2.75 bits per heavy atom. The zero-order valence-corrected chi connectivity index (χ0v) is 12.7. The van der Waals surface area contributed by atoms with E-state index in [0.29, 0.717) is 12.0 Å². The summed E-state index contributed by atoms with van der Waals surface area (Å²) in [4.78, 5) is 17.5. The fourth-order valence-corrected chi connectivity index (χ4v) is 2.16. The van der Waals surface area contributed by atoms with E-state index >= 15 is 0 Å². The van der Waals surface area contributed by atoms with Gasteiger partial charge in [-0.25, -0.2) is 4.99 Å². The SMILES string of the molecule is CC1CC1NC(=NCC(=O)N(C)C)NCC1CCCO1. The van der Waals surface area contributed by atoms with Gasteiger partial charge < -0.3 is 20.3 Å². The Hall–Kier alpha value is -1.30. The van der Waals surface area contributed by atoms with Crippen molar-refractivity contribution in [1.82, 2.24) is 15.5 Å². The van der Waals surface area contributed by atoms with E-state index in [1.165, 1.54) is 6.42 Å². The molecule has 0 aromatic rings. The topological polar surface area (TPSA) is 66.0 Å². The first kappa shape index (κ1) is 15.1. The summed E-state index contributed by atoms with van der Waals surface area (Å²) in [5.41, 5.74) is 0. The van der Waals surface area contributed by atoms with E-state index in [1.54, 1.807) is 19.0 Å². The number of hydrogen-bond acceptors (Lipinski definition) is 3. The Morgan fingerprint density at radius 1 is 1.45 bits per heavy atom. The molecule has 2 N–H and O–H groups in total. The molecule has 2 fully saturated rings. The van der Waals surface area contributed by atoms with Crippen LogP contribution in [0.4, 0.5) is 0 Å². The summed E-state index contributed by atoms with van der Waals surface area (Å²) in [6.07, 6.45) is 3.66. The van der Waals surface area contributed by atoms with E-state index in [4.69, 9.17) is 4.74 Å². The molecule has 1 amide bonds. The Balaban J connectivity index is 1.82. The van der Waals surface area contributed by atoms with Gasteiger partial charge in [-0.05, 0) is 25.2 Å². The molecule has 0 spiro atoms. The summed E-state index contributed by atoms with van der Waals surface area (Å²) in [5, 5.41) is 6.66. The molecule has 3 atom stereocenters. The van der Waals surface area contributed by atoms with Crippen molar-refractivity contribution in [2.45, 2.75) is 38.3 Å². The van der Waals surface area contributed by atoms with E-state index in [-0.39, 0.29) is 18.6 Å². The molecule has 2 rings (SSSR count). The van der Waals surface area contributed by atoms with Crippen molar-refractivity contribution in [3.05, 3.63) is 0 Å². The number of hydrogen-bond donors (Lipinski definition) is 2. The normalized spacial score (nSPS) is 29.1. The van der Waals surface area contributed by atoms with Gasteiger partial charge in [-0.1, -0.05) is 6.92 Å². The van der Waals surface area contributed by atoms with Crippen LogP contribution in [0.5, 0.6) is 0 Å². The summed E-state index contributed by atoms with van der Waals surface area (Å²) >= 11 is 0. The first-order chi connectivity index (χ1) is 9.56. The molecule has 0 aromatic heterocycles. The van der Waals surface area contributed by atoms with Crippen molar-refractivity contribution in [3.8, 4) is 0 Å². The van der Waals surface area contributed by atoms with E-state index in [1.807, 2.05) is 0 Å². The second-order valence-corrected chi connectivity index (χ2v) is 5.93. The number of carbonyl (C=O) groups is 1. The molecule has 2 aliphatic rings. The highest BCUT2D eigenvalue weighted by atomic mass is 16.5. The summed E-state index contributed by atoms with van der Waals surface area (Å²) < 4.78 is 5.59. The third-order valence-electron chi connectivity index (χ3n) is 3.82. The third kappa shape index (κ3) is 4.67. The molecule has 0 aromatic carbocycles. The number of amides is 1. The number of nitrogens with one attached hydrogen (secondary N) is 2. The van der Waals surface area contributed by atoms with Gasteiger partial charge in [0, 0.05) is 33.3 Å². The molecule has 114 valence electrons. The van der Waals surface area contributed by atoms with Gasteiger partial charge in [-0.15, -0.1) is 0 Å². The van der Waals surface area contributed by atoms with Gasteiger partial charge in [0.1, 0.15) is 6.54 Å². The monoisotopic (exact) mass is 282 g/mol. The molecule has 6 nitrogen and oxygen atoms in total. The van der Waals surface area contributed by atoms with E-state index in [0.717, 1.165) is 32.0 Å². The maximum atomic E-state index is 11.6. The summed E-state index contributed by atoms with van der Waals surface area (Å²) in [6.45, 7) is 3.99. The Kier molecular flexibility index (Phi) is 5.23. The molecular weight excluding hydrogens is 256 g/mol. The second kappa shape index (κ2) is 6.92. The minimum absolute atomic E-state index is 0.00654. The molecule has 1 aliphatic heterocycles. The van der Waals surface area contributed by atoms with Crippen molar-refractivity contribution < 1.29 is 9.53 Å². The van der Waals surface area contributed by atoms with Crippen molar-refractivity contribution in [3.63, 3.8) is 0 Å². The Labute approximate surface area is 121 Å². The summed E-state index contributed by atoms with van der Waals surface area (Å²) in [6, 6.07) is 0.486. The number of ether oxygens (including phenoxy) is 1. The van der Waals surface area contributed by atoms with Gasteiger partial charge in [-0.3, -0.25) is 4.79 Å². The molecule has 0 radical (unpaired) electrons. The summed E-state index contributed by atoms with van der Waals surface area (Å²) in [7, 11) is 3.49. The molecule has 1 aliphatic carbocycles. The van der Waals surface area contributed by atoms with Crippen LogP contribution in [0, 0.1) is 5.92 Å². The largest absolute Gasteiger partial charge is 0.376 e. The van der Waals surface area contributed by atoms with Crippen LogP contribution in [0.3, 0.4) is 0 Å². The lowest BCUT2D eigenvalue weighted by molar-refractivity contribution is -0.127. The van der Waals surface area contributed by atoms with Crippen LogP contribution < -0.4 is 10.6 Å². The van der Waals surface area contributed by atoms with Crippen molar-refractivity contribution in [2.24, 2.45) is 10.9 Å². The lowest BCUT2D eigenvalue weighted by Crippen LogP contribution is -2.43.